The molecule has 3 aromatic rings. The van der Waals surface area contributed by atoms with Gasteiger partial charge in [-0.15, -0.1) is 0 Å². The summed E-state index contributed by atoms with van der Waals surface area (Å²) in [6.45, 7) is 3.77. The van der Waals surface area contributed by atoms with E-state index in [1.54, 1.807) is 19.2 Å². The highest BCUT2D eigenvalue weighted by molar-refractivity contribution is 9.10. The second-order valence-electron chi connectivity index (χ2n) is 6.31. The minimum Gasteiger partial charge on any atom is -0.495 e. The number of methoxy groups -OCH3 is 1. The summed E-state index contributed by atoms with van der Waals surface area (Å²) in [6.07, 6.45) is 0.471. The molecule has 0 spiro atoms. The van der Waals surface area contributed by atoms with Gasteiger partial charge in [0.25, 0.3) is 5.56 Å². The molecule has 3 rings (SSSR count). The summed E-state index contributed by atoms with van der Waals surface area (Å²) >= 11 is 3.38. The highest BCUT2D eigenvalue weighted by atomic mass is 79.9. The van der Waals surface area contributed by atoms with E-state index in [-0.39, 0.29) is 11.5 Å². The lowest BCUT2D eigenvalue weighted by molar-refractivity contribution is -0.119. The third kappa shape index (κ3) is 3.76. The molecule has 140 valence electrons. The Morgan fingerprint density at radius 1 is 1.22 bits per heavy atom. The molecule has 0 aliphatic carbocycles. The Hall–Kier alpha value is -2.60. The molecule has 0 radical (unpaired) electrons. The molecule has 27 heavy (non-hydrogen) atoms. The van der Waals surface area contributed by atoms with Crippen molar-refractivity contribution >= 4 is 38.4 Å². The number of rotatable bonds is 5. The predicted molar refractivity (Wildman–Crippen MR) is 112 cm³/mol. The van der Waals surface area contributed by atoms with Gasteiger partial charge in [-0.2, -0.15) is 0 Å². The van der Waals surface area contributed by atoms with Gasteiger partial charge in [-0.3, -0.25) is 14.2 Å². The number of hydrogen-bond acceptors (Lipinski definition) is 3. The van der Waals surface area contributed by atoms with Gasteiger partial charge in [-0.1, -0.05) is 35.0 Å². The molecule has 1 atom stereocenters. The maximum Gasteiger partial charge on any atom is 0.252 e. The highest BCUT2D eigenvalue weighted by Crippen LogP contribution is 2.29. The number of carbonyl (C=O) groups excluding carboxylic acids is 1. The van der Waals surface area contributed by atoms with E-state index in [0.717, 1.165) is 15.4 Å². The number of ether oxygens (including phenoxy) is 1. The number of carbonyl (C=O) groups is 1. The van der Waals surface area contributed by atoms with E-state index < -0.39 is 6.04 Å². The molecule has 0 saturated carbocycles. The first-order valence-corrected chi connectivity index (χ1v) is 9.50. The molecule has 0 fully saturated rings. The Labute approximate surface area is 166 Å². The Balaban J connectivity index is 2.12. The van der Waals surface area contributed by atoms with Gasteiger partial charge in [-0.25, -0.2) is 0 Å². The molecular formula is C21H21BrN2O3. The standard InChI is InChI=1S/C21H21BrN2O3/c1-4-17(21(26)23-15-10-8-14(22)9-11-15)24-19(25)12-13(2)16-6-5-7-18(27-3)20(16)24/h5-12,17H,4H2,1-3H3,(H,23,26). The number of hydrogen-bond donors (Lipinski definition) is 1. The zero-order valence-electron chi connectivity index (χ0n) is 15.5. The Morgan fingerprint density at radius 2 is 1.93 bits per heavy atom. The lowest BCUT2D eigenvalue weighted by Crippen LogP contribution is -2.33. The van der Waals surface area contributed by atoms with Crippen LogP contribution in [-0.4, -0.2) is 17.6 Å². The van der Waals surface area contributed by atoms with Gasteiger partial charge in [0.1, 0.15) is 11.8 Å². The van der Waals surface area contributed by atoms with Crippen LogP contribution >= 0.6 is 15.9 Å². The maximum atomic E-state index is 13.0. The SMILES string of the molecule is CCC(C(=O)Nc1ccc(Br)cc1)n1c(=O)cc(C)c2cccc(OC)c21. The minimum absolute atomic E-state index is 0.220. The number of anilines is 1. The van der Waals surface area contributed by atoms with Crippen molar-refractivity contribution in [1.82, 2.24) is 4.57 Å². The predicted octanol–water partition coefficient (Wildman–Crippen LogP) is 4.67. The molecule has 1 aromatic heterocycles. The molecule has 0 aliphatic heterocycles. The van der Waals surface area contributed by atoms with E-state index in [4.69, 9.17) is 4.74 Å². The molecular weight excluding hydrogens is 408 g/mol. The average molecular weight is 429 g/mol. The summed E-state index contributed by atoms with van der Waals surface area (Å²) in [6, 6.07) is 13.9. The third-order valence-corrected chi connectivity index (χ3v) is 5.10. The van der Waals surface area contributed by atoms with Crippen molar-refractivity contribution in [1.29, 1.82) is 0 Å². The first kappa shape index (κ1) is 19.2. The highest BCUT2D eigenvalue weighted by Gasteiger charge is 2.24. The van der Waals surface area contributed by atoms with Crippen molar-refractivity contribution in [2.45, 2.75) is 26.3 Å². The van der Waals surface area contributed by atoms with Crippen LogP contribution in [0.4, 0.5) is 5.69 Å². The maximum absolute atomic E-state index is 13.0. The topological polar surface area (TPSA) is 60.3 Å². The fourth-order valence-electron chi connectivity index (χ4n) is 3.25. The van der Waals surface area contributed by atoms with Crippen LogP contribution in [0, 0.1) is 6.92 Å². The van der Waals surface area contributed by atoms with E-state index >= 15 is 0 Å². The molecule has 6 heteroatoms. The van der Waals surface area contributed by atoms with Gasteiger partial charge >= 0.3 is 0 Å². The van der Waals surface area contributed by atoms with Gasteiger partial charge in [0, 0.05) is 21.6 Å². The number of nitrogens with one attached hydrogen (secondary N) is 1. The number of fused-ring (bicyclic) bond motifs is 1. The lowest BCUT2D eigenvalue weighted by Gasteiger charge is -2.22. The minimum atomic E-state index is -0.652. The molecule has 0 aliphatic rings. The van der Waals surface area contributed by atoms with Crippen LogP contribution in [0.1, 0.15) is 24.9 Å². The van der Waals surface area contributed by atoms with Crippen LogP contribution in [-0.2, 0) is 4.79 Å². The summed E-state index contributed by atoms with van der Waals surface area (Å²) in [5.41, 5.74) is 1.96. The summed E-state index contributed by atoms with van der Waals surface area (Å²) in [5.74, 6) is 0.334. The van der Waals surface area contributed by atoms with E-state index in [9.17, 15) is 9.59 Å². The summed E-state index contributed by atoms with van der Waals surface area (Å²) in [7, 11) is 1.56. The normalized spacial score (nSPS) is 12.0. The number of para-hydroxylation sites is 1. The van der Waals surface area contributed by atoms with Crippen LogP contribution in [0.25, 0.3) is 10.9 Å². The molecule has 0 saturated heterocycles. The van der Waals surface area contributed by atoms with Crippen molar-refractivity contribution in [2.75, 3.05) is 12.4 Å². The monoisotopic (exact) mass is 428 g/mol. The number of aryl methyl sites for hydroxylation is 1. The Morgan fingerprint density at radius 3 is 2.56 bits per heavy atom. The zero-order chi connectivity index (χ0) is 19.6. The molecule has 2 aromatic carbocycles. The fraction of sp³-hybridized carbons (Fsp3) is 0.238. The molecule has 0 bridgehead atoms. The molecule has 1 unspecified atom stereocenters. The van der Waals surface area contributed by atoms with Crippen molar-refractivity contribution in [2.24, 2.45) is 0 Å². The van der Waals surface area contributed by atoms with Crippen molar-refractivity contribution < 1.29 is 9.53 Å². The zero-order valence-corrected chi connectivity index (χ0v) is 17.0. The van der Waals surface area contributed by atoms with Crippen molar-refractivity contribution in [3.05, 3.63) is 68.9 Å². The van der Waals surface area contributed by atoms with Crippen LogP contribution in [0.2, 0.25) is 0 Å². The summed E-state index contributed by atoms with van der Waals surface area (Å²) in [4.78, 5) is 25.8. The summed E-state index contributed by atoms with van der Waals surface area (Å²) < 4.78 is 7.95. The fourth-order valence-corrected chi connectivity index (χ4v) is 3.51. The van der Waals surface area contributed by atoms with Crippen molar-refractivity contribution in [3.8, 4) is 5.75 Å². The largest absolute Gasteiger partial charge is 0.495 e. The Kier molecular flexibility index (Phi) is 5.65. The number of benzene rings is 2. The van der Waals surface area contributed by atoms with Crippen LogP contribution in [0.5, 0.6) is 5.75 Å². The molecule has 1 amide bonds. The summed E-state index contributed by atoms with van der Waals surface area (Å²) in [5, 5.41) is 3.79. The van der Waals surface area contributed by atoms with Gasteiger partial charge < -0.3 is 10.1 Å². The van der Waals surface area contributed by atoms with Gasteiger partial charge in [0.15, 0.2) is 0 Å². The average Bonchev–Trinajstić information content (AvgIpc) is 2.66. The number of pyridine rings is 1. The van der Waals surface area contributed by atoms with Gasteiger partial charge in [0.05, 0.1) is 12.6 Å². The second-order valence-corrected chi connectivity index (χ2v) is 7.23. The molecule has 1 heterocycles. The molecule has 5 nitrogen and oxygen atoms in total. The smallest absolute Gasteiger partial charge is 0.252 e. The molecule has 1 N–H and O–H groups in total. The third-order valence-electron chi connectivity index (χ3n) is 4.57. The number of amides is 1. The first-order chi connectivity index (χ1) is 13.0. The van der Waals surface area contributed by atoms with E-state index in [0.29, 0.717) is 23.4 Å². The van der Waals surface area contributed by atoms with Crippen molar-refractivity contribution in [3.63, 3.8) is 0 Å². The number of nitrogens with zero attached hydrogens (tertiary/aromatic N) is 1. The van der Waals surface area contributed by atoms with Gasteiger partial charge in [0.2, 0.25) is 5.91 Å². The van der Waals surface area contributed by atoms with Crippen LogP contribution < -0.4 is 15.6 Å². The van der Waals surface area contributed by atoms with Crippen LogP contribution in [0.15, 0.2) is 57.8 Å². The van der Waals surface area contributed by atoms with Gasteiger partial charge in [-0.05, 0) is 49.2 Å². The Bertz CT molecular complexity index is 1040. The first-order valence-electron chi connectivity index (χ1n) is 8.71. The van der Waals surface area contributed by atoms with E-state index in [1.165, 1.54) is 4.57 Å². The van der Waals surface area contributed by atoms with E-state index in [1.807, 2.05) is 50.2 Å². The van der Waals surface area contributed by atoms with E-state index in [2.05, 4.69) is 21.2 Å². The lowest BCUT2D eigenvalue weighted by atomic mass is 10.1. The van der Waals surface area contributed by atoms with Crippen LogP contribution in [0.3, 0.4) is 0 Å². The quantitative estimate of drug-likeness (QED) is 0.641. The number of aromatic nitrogens is 1. The second kappa shape index (κ2) is 7.96. The number of halogens is 1.